The van der Waals surface area contributed by atoms with Crippen LogP contribution in [0.5, 0.6) is 0 Å². The van der Waals surface area contributed by atoms with Gasteiger partial charge in [-0.1, -0.05) is 0 Å². The molecule has 0 radical (unpaired) electrons. The van der Waals surface area contributed by atoms with Crippen LogP contribution < -0.4 is 0 Å². The second-order valence-electron chi connectivity index (χ2n) is 12.7. The van der Waals surface area contributed by atoms with Crippen molar-refractivity contribution in [2.24, 2.45) is 29.6 Å². The van der Waals surface area contributed by atoms with Crippen molar-refractivity contribution in [2.45, 2.75) is 111 Å². The van der Waals surface area contributed by atoms with Gasteiger partial charge in [0.25, 0.3) is 0 Å². The maximum absolute atomic E-state index is 13.7. The van der Waals surface area contributed by atoms with Crippen molar-refractivity contribution in [3.05, 3.63) is 0 Å². The molecule has 2 heterocycles. The van der Waals surface area contributed by atoms with Gasteiger partial charge in [-0.15, -0.1) is 0 Å². The number of ether oxygens (including phenoxy) is 4. The molecule has 2 saturated heterocycles. The van der Waals surface area contributed by atoms with Gasteiger partial charge in [0.1, 0.15) is 37.1 Å². The van der Waals surface area contributed by atoms with E-state index < -0.39 is 153 Å². The molecular formula is C27H40O18. The van der Waals surface area contributed by atoms with Crippen LogP contribution in [0.1, 0.15) is 25.7 Å². The molecule has 5 fully saturated rings. The molecule has 18 heteroatoms. The Morgan fingerprint density at radius 2 is 1.09 bits per heavy atom. The van der Waals surface area contributed by atoms with Gasteiger partial charge in [0, 0.05) is 11.8 Å². The Hall–Kier alpha value is -2.07. The number of hydrogen-bond acceptors (Lipinski definition) is 18. The maximum atomic E-state index is 13.7. The summed E-state index contributed by atoms with van der Waals surface area (Å²) in [5.41, 5.74) is 0. The van der Waals surface area contributed by atoms with Gasteiger partial charge in [-0.05, 0) is 25.7 Å². The fraction of sp³-hybridized carbons (Fsp3) is 0.889. The lowest BCUT2D eigenvalue weighted by atomic mass is 9.59. The van der Waals surface area contributed by atoms with E-state index in [1.165, 1.54) is 0 Å². The van der Waals surface area contributed by atoms with E-state index in [1.807, 2.05) is 0 Å². The molecule has 3 aliphatic carbocycles. The van der Waals surface area contributed by atoms with E-state index in [2.05, 4.69) is 0 Å². The number of esters is 3. The average molecular weight is 653 g/mol. The zero-order valence-electron chi connectivity index (χ0n) is 23.8. The van der Waals surface area contributed by atoms with Gasteiger partial charge >= 0.3 is 17.9 Å². The predicted octanol–water partition coefficient (Wildman–Crippen LogP) is -6.62. The third kappa shape index (κ3) is 6.31. The minimum absolute atomic E-state index is 0.309. The van der Waals surface area contributed by atoms with Gasteiger partial charge in [0.2, 0.25) is 6.29 Å². The fourth-order valence-electron chi connectivity index (χ4n) is 7.39. The third-order valence-corrected chi connectivity index (χ3v) is 9.94. The molecule has 0 aromatic carbocycles. The molecule has 3 saturated carbocycles. The molecule has 2 bridgehead atoms. The Morgan fingerprint density at radius 3 is 1.62 bits per heavy atom. The van der Waals surface area contributed by atoms with Crippen LogP contribution in [0.15, 0.2) is 0 Å². The Balaban J connectivity index is 1.45. The number of cyclic esters (lactones) is 1. The highest BCUT2D eigenvalue weighted by molar-refractivity contribution is 5.76. The van der Waals surface area contributed by atoms with Gasteiger partial charge in [-0.25, -0.2) is 0 Å². The standard InChI is InChI=1S/C27H40O18/c28-9-1-6(2-10(29)16(9)32)24(39)45-27-22(38)23-19(35)13(43-27)5-42-25(40)7-3-11(30)17(33)20(36)14(7)15-8(26(41)44-23)4-12(31)18(34)21(15)37/h6-23,27-38H,1-5H2. The van der Waals surface area contributed by atoms with Crippen LogP contribution in [0.2, 0.25) is 0 Å². The van der Waals surface area contributed by atoms with Crippen molar-refractivity contribution in [3.63, 3.8) is 0 Å². The van der Waals surface area contributed by atoms with Crippen LogP contribution >= 0.6 is 0 Å². The number of fused-ring (bicyclic) bond motifs is 5. The largest absolute Gasteiger partial charge is 0.463 e. The van der Waals surface area contributed by atoms with E-state index in [1.54, 1.807) is 0 Å². The molecule has 17 unspecified atom stereocenters. The minimum Gasteiger partial charge on any atom is -0.463 e. The molecule has 17 atom stereocenters. The monoisotopic (exact) mass is 652 g/mol. The molecule has 45 heavy (non-hydrogen) atoms. The van der Waals surface area contributed by atoms with Gasteiger partial charge in [-0.2, -0.15) is 0 Å². The van der Waals surface area contributed by atoms with Crippen LogP contribution in [0.25, 0.3) is 0 Å². The van der Waals surface area contributed by atoms with E-state index in [-0.39, 0.29) is 12.8 Å². The molecule has 2 aliphatic heterocycles. The van der Waals surface area contributed by atoms with E-state index in [4.69, 9.17) is 18.9 Å². The van der Waals surface area contributed by atoms with Gasteiger partial charge in [-0.3, -0.25) is 14.4 Å². The van der Waals surface area contributed by atoms with Crippen molar-refractivity contribution in [1.29, 1.82) is 0 Å². The minimum atomic E-state index is -2.07. The molecule has 0 aromatic rings. The Labute approximate surface area is 255 Å². The number of rotatable bonds is 2. The summed E-state index contributed by atoms with van der Waals surface area (Å²) in [5, 5.41) is 115. The summed E-state index contributed by atoms with van der Waals surface area (Å²) in [5.74, 6) is -10.8. The smallest absolute Gasteiger partial charge is 0.311 e. The second-order valence-corrected chi connectivity index (χ2v) is 12.7. The summed E-state index contributed by atoms with van der Waals surface area (Å²) in [6.45, 7) is -0.794. The van der Waals surface area contributed by atoms with Crippen LogP contribution in [0, 0.1) is 29.6 Å². The van der Waals surface area contributed by atoms with Crippen LogP contribution in [0.3, 0.4) is 0 Å². The zero-order chi connectivity index (χ0) is 33.1. The van der Waals surface area contributed by atoms with Crippen LogP contribution in [-0.2, 0) is 33.3 Å². The topological polar surface area (TPSA) is 311 Å². The molecular weight excluding hydrogens is 612 g/mol. The van der Waals surface area contributed by atoms with E-state index in [0.29, 0.717) is 0 Å². The normalized spacial score (nSPS) is 52.6. The average Bonchev–Trinajstić information content (AvgIpc) is 2.99. The van der Waals surface area contributed by atoms with Gasteiger partial charge in [0.05, 0.1) is 54.4 Å². The molecule has 0 aromatic heterocycles. The summed E-state index contributed by atoms with van der Waals surface area (Å²) in [6.07, 6.45) is -26.5. The molecule has 5 rings (SSSR count). The fourth-order valence-corrected chi connectivity index (χ4v) is 7.39. The molecule has 0 amide bonds. The zero-order valence-corrected chi connectivity index (χ0v) is 23.8. The lowest BCUT2D eigenvalue weighted by molar-refractivity contribution is -0.301. The Bertz CT molecular complexity index is 1090. The molecule has 11 N–H and O–H groups in total. The Morgan fingerprint density at radius 1 is 0.600 bits per heavy atom. The van der Waals surface area contributed by atoms with Crippen LogP contribution in [-0.4, -0.2) is 166 Å². The summed E-state index contributed by atoms with van der Waals surface area (Å²) >= 11 is 0. The first-order valence-electron chi connectivity index (χ1n) is 14.8. The first-order chi connectivity index (χ1) is 21.1. The van der Waals surface area contributed by atoms with E-state index >= 15 is 0 Å². The first kappa shape index (κ1) is 34.3. The molecule has 256 valence electrons. The number of carbonyl (C=O) groups is 3. The number of carbonyl (C=O) groups excluding carboxylic acids is 3. The summed E-state index contributed by atoms with van der Waals surface area (Å²) < 4.78 is 21.6. The molecule has 5 aliphatic rings. The first-order valence-corrected chi connectivity index (χ1v) is 14.8. The van der Waals surface area contributed by atoms with Crippen molar-refractivity contribution in [1.82, 2.24) is 0 Å². The summed E-state index contributed by atoms with van der Waals surface area (Å²) in [6, 6.07) is 0. The quantitative estimate of drug-likeness (QED) is 0.0975. The van der Waals surface area contributed by atoms with Crippen LogP contribution in [0.4, 0.5) is 0 Å². The summed E-state index contributed by atoms with van der Waals surface area (Å²) in [7, 11) is 0. The number of aliphatic hydroxyl groups is 11. The van der Waals surface area contributed by atoms with Crippen molar-refractivity contribution >= 4 is 17.9 Å². The third-order valence-electron chi connectivity index (χ3n) is 9.94. The Kier molecular flexibility index (Phi) is 10.1. The lowest BCUT2D eigenvalue weighted by Crippen LogP contribution is -2.65. The van der Waals surface area contributed by atoms with Crippen molar-refractivity contribution in [2.75, 3.05) is 6.61 Å². The highest BCUT2D eigenvalue weighted by Gasteiger charge is 2.59. The maximum Gasteiger partial charge on any atom is 0.311 e. The van der Waals surface area contributed by atoms with E-state index in [9.17, 15) is 70.6 Å². The highest BCUT2D eigenvalue weighted by atomic mass is 16.7. The van der Waals surface area contributed by atoms with Crippen molar-refractivity contribution < 1.29 is 89.5 Å². The predicted molar refractivity (Wildman–Crippen MR) is 138 cm³/mol. The van der Waals surface area contributed by atoms with Crippen molar-refractivity contribution in [3.8, 4) is 0 Å². The SMILES string of the molecule is O=C(OC1OC2COC(=O)C3CC(O)C(O)C(O)C3C3C(CC(O)C(O)C3O)C(=O)OC(C2O)C1O)C1CC(O)C(O)C(O)C1. The summed E-state index contributed by atoms with van der Waals surface area (Å²) in [4.78, 5) is 40.0. The number of aliphatic hydroxyl groups excluding tert-OH is 11. The van der Waals surface area contributed by atoms with Gasteiger partial charge in [0.15, 0.2) is 12.2 Å². The van der Waals surface area contributed by atoms with E-state index in [0.717, 1.165) is 0 Å². The van der Waals surface area contributed by atoms with Gasteiger partial charge < -0.3 is 75.1 Å². The second kappa shape index (κ2) is 13.2. The highest BCUT2D eigenvalue weighted by Crippen LogP contribution is 2.46. The number of hydrogen-bond donors (Lipinski definition) is 11. The molecule has 18 nitrogen and oxygen atoms in total. The molecule has 0 spiro atoms. The lowest BCUT2D eigenvalue weighted by Gasteiger charge is -2.50.